The van der Waals surface area contributed by atoms with Crippen LogP contribution in [0.2, 0.25) is 0 Å². The van der Waals surface area contributed by atoms with Gasteiger partial charge in [0.2, 0.25) is 21.8 Å². The van der Waals surface area contributed by atoms with Gasteiger partial charge < -0.3 is 14.7 Å². The molecule has 1 aliphatic rings. The first kappa shape index (κ1) is 25.9. The molecule has 2 amide bonds. The molecule has 1 fully saturated rings. The minimum atomic E-state index is -3.75. The van der Waals surface area contributed by atoms with Gasteiger partial charge in [0.15, 0.2) is 5.82 Å². The quantitative estimate of drug-likeness (QED) is 0.615. The molecule has 3 rings (SSSR count). The van der Waals surface area contributed by atoms with Gasteiger partial charge in [0.1, 0.15) is 5.76 Å². The molecule has 2 N–H and O–H groups in total. The maximum atomic E-state index is 13.0. The lowest BCUT2D eigenvalue weighted by Gasteiger charge is -2.31. The summed E-state index contributed by atoms with van der Waals surface area (Å²) in [6.07, 6.45) is 1.15. The summed E-state index contributed by atoms with van der Waals surface area (Å²) in [5.41, 5.74) is 4.49. The van der Waals surface area contributed by atoms with Crippen LogP contribution in [-0.4, -0.2) is 49.9 Å². The van der Waals surface area contributed by atoms with Gasteiger partial charge in [-0.1, -0.05) is 5.16 Å². The van der Waals surface area contributed by atoms with E-state index in [-0.39, 0.29) is 30.7 Å². The number of piperidine rings is 1. The van der Waals surface area contributed by atoms with E-state index in [1.807, 2.05) is 34.6 Å². The summed E-state index contributed by atoms with van der Waals surface area (Å²) in [5, 5.41) is 6.51. The van der Waals surface area contributed by atoms with Gasteiger partial charge in [-0.3, -0.25) is 9.59 Å². The van der Waals surface area contributed by atoms with Crippen LogP contribution in [0.3, 0.4) is 0 Å². The Bertz CT molecular complexity index is 1170. The van der Waals surface area contributed by atoms with Crippen molar-refractivity contribution in [1.82, 2.24) is 14.8 Å². The zero-order valence-corrected chi connectivity index (χ0v) is 21.6. The molecule has 1 saturated heterocycles. The van der Waals surface area contributed by atoms with Gasteiger partial charge in [0.05, 0.1) is 4.90 Å². The fourth-order valence-corrected chi connectivity index (χ4v) is 6.06. The molecule has 2 aromatic rings. The molecule has 0 spiro atoms. The molecule has 10 heteroatoms. The van der Waals surface area contributed by atoms with E-state index >= 15 is 0 Å². The highest BCUT2D eigenvalue weighted by Crippen LogP contribution is 2.29. The van der Waals surface area contributed by atoms with Gasteiger partial charge in [-0.15, -0.1) is 0 Å². The Labute approximate surface area is 201 Å². The number of carbonyl (C=O) groups is 2. The van der Waals surface area contributed by atoms with Crippen LogP contribution in [0, 0.1) is 47.5 Å². The Morgan fingerprint density at radius 1 is 1.00 bits per heavy atom. The second kappa shape index (κ2) is 10.3. The molecular formula is C24H34N4O5S. The molecule has 0 bridgehead atoms. The molecular weight excluding hydrogens is 456 g/mol. The van der Waals surface area contributed by atoms with Crippen molar-refractivity contribution < 1.29 is 22.5 Å². The first-order valence-corrected chi connectivity index (χ1v) is 13.0. The Morgan fingerprint density at radius 2 is 1.56 bits per heavy atom. The predicted molar refractivity (Wildman–Crippen MR) is 129 cm³/mol. The summed E-state index contributed by atoms with van der Waals surface area (Å²) in [5.74, 6) is 0.529. The van der Waals surface area contributed by atoms with Crippen LogP contribution in [-0.2, 0) is 19.6 Å². The van der Waals surface area contributed by atoms with E-state index in [1.165, 1.54) is 0 Å². The number of carbonyl (C=O) groups excluding carboxylic acids is 2. The first-order valence-electron chi connectivity index (χ1n) is 11.5. The van der Waals surface area contributed by atoms with Gasteiger partial charge in [0.25, 0.3) is 0 Å². The van der Waals surface area contributed by atoms with Gasteiger partial charge in [-0.05, 0) is 82.2 Å². The third-order valence-electron chi connectivity index (χ3n) is 6.93. The molecule has 0 radical (unpaired) electrons. The number of nitrogens with zero attached hydrogens (tertiary/aromatic N) is 2. The third-order valence-corrected chi connectivity index (χ3v) is 8.66. The molecule has 1 aliphatic heterocycles. The van der Waals surface area contributed by atoms with Crippen LogP contribution >= 0.6 is 0 Å². The molecule has 186 valence electrons. The van der Waals surface area contributed by atoms with Crippen LogP contribution in [0.25, 0.3) is 0 Å². The molecule has 1 aromatic carbocycles. The van der Waals surface area contributed by atoms with Gasteiger partial charge in [-0.2, -0.15) is 0 Å². The van der Waals surface area contributed by atoms with Crippen molar-refractivity contribution in [1.29, 1.82) is 0 Å². The van der Waals surface area contributed by atoms with E-state index < -0.39 is 10.0 Å². The minimum Gasteiger partial charge on any atom is -0.360 e. The molecule has 1 aromatic heterocycles. The predicted octanol–water partition coefficient (Wildman–Crippen LogP) is 3.07. The summed E-state index contributed by atoms with van der Waals surface area (Å²) < 4.78 is 33.6. The number of benzene rings is 1. The van der Waals surface area contributed by atoms with Crippen LogP contribution in [0.5, 0.6) is 0 Å². The number of hydrogen-bond acceptors (Lipinski definition) is 6. The maximum absolute atomic E-state index is 13.0. The first-order chi connectivity index (χ1) is 15.9. The van der Waals surface area contributed by atoms with Crippen molar-refractivity contribution in [2.24, 2.45) is 5.92 Å². The SMILES string of the molecule is Cc1cc(NC(=O)C2CCN(C(=O)CCNS(=O)(=O)c3c(C)c(C)c(C)c(C)c3C)CC2)no1. The third kappa shape index (κ3) is 5.50. The molecule has 2 heterocycles. The summed E-state index contributed by atoms with van der Waals surface area (Å²) in [4.78, 5) is 27.1. The Balaban J connectivity index is 1.52. The zero-order valence-electron chi connectivity index (χ0n) is 20.7. The van der Waals surface area contributed by atoms with Crippen LogP contribution in [0.15, 0.2) is 15.5 Å². The van der Waals surface area contributed by atoms with Crippen molar-refractivity contribution in [2.45, 2.75) is 65.7 Å². The number of aryl methyl sites for hydroxylation is 1. The standard InChI is InChI=1S/C24H34N4O5S/c1-14-13-21(27-33-14)26-24(30)20-8-11-28(12-9-20)22(29)7-10-25-34(31,32)23-18(5)16(3)15(2)17(4)19(23)6/h13,20,25H,7-12H2,1-6H3,(H,26,27,30). The molecule has 0 aliphatic carbocycles. The summed E-state index contributed by atoms with van der Waals surface area (Å²) in [6.45, 7) is 12.2. The van der Waals surface area contributed by atoms with Gasteiger partial charge in [0, 0.05) is 38.0 Å². The molecule has 0 saturated carbocycles. The van der Waals surface area contributed by atoms with Crippen LogP contribution in [0.4, 0.5) is 5.82 Å². The van der Waals surface area contributed by atoms with Crippen molar-refractivity contribution in [3.05, 3.63) is 39.6 Å². The fourth-order valence-electron chi connectivity index (χ4n) is 4.44. The fraction of sp³-hybridized carbons (Fsp3) is 0.542. The largest absolute Gasteiger partial charge is 0.360 e. The van der Waals surface area contributed by atoms with Gasteiger partial charge >= 0.3 is 0 Å². The van der Waals surface area contributed by atoms with E-state index in [0.717, 1.165) is 27.8 Å². The topological polar surface area (TPSA) is 122 Å². The van der Waals surface area contributed by atoms with Crippen molar-refractivity contribution in [3.63, 3.8) is 0 Å². The molecule has 34 heavy (non-hydrogen) atoms. The number of amides is 2. The van der Waals surface area contributed by atoms with Crippen molar-refractivity contribution >= 4 is 27.7 Å². The summed E-state index contributed by atoms with van der Waals surface area (Å²) in [7, 11) is -3.75. The highest BCUT2D eigenvalue weighted by atomic mass is 32.2. The average Bonchev–Trinajstić information content (AvgIpc) is 3.20. The van der Waals surface area contributed by atoms with Gasteiger partial charge in [-0.25, -0.2) is 13.1 Å². The van der Waals surface area contributed by atoms with E-state index in [9.17, 15) is 18.0 Å². The lowest BCUT2D eigenvalue weighted by molar-refractivity contribution is -0.134. The second-order valence-electron chi connectivity index (χ2n) is 9.07. The number of hydrogen-bond donors (Lipinski definition) is 2. The summed E-state index contributed by atoms with van der Waals surface area (Å²) >= 11 is 0. The van der Waals surface area contributed by atoms with Crippen LogP contribution < -0.4 is 10.0 Å². The summed E-state index contributed by atoms with van der Waals surface area (Å²) in [6, 6.07) is 1.65. The minimum absolute atomic E-state index is 0.0257. The van der Waals surface area contributed by atoms with E-state index in [2.05, 4.69) is 15.2 Å². The number of rotatable bonds is 7. The van der Waals surface area contributed by atoms with Crippen molar-refractivity contribution in [3.8, 4) is 0 Å². The molecule has 0 unspecified atom stereocenters. The van der Waals surface area contributed by atoms with E-state index in [0.29, 0.717) is 42.4 Å². The Morgan fingerprint density at radius 3 is 2.09 bits per heavy atom. The highest BCUT2D eigenvalue weighted by molar-refractivity contribution is 7.89. The lowest BCUT2D eigenvalue weighted by Crippen LogP contribution is -2.42. The monoisotopic (exact) mass is 490 g/mol. The van der Waals surface area contributed by atoms with Crippen LogP contribution in [0.1, 0.15) is 52.8 Å². The smallest absolute Gasteiger partial charge is 0.241 e. The molecule has 0 atom stereocenters. The lowest BCUT2D eigenvalue weighted by atomic mass is 9.95. The Hall–Kier alpha value is -2.72. The van der Waals surface area contributed by atoms with E-state index in [1.54, 1.807) is 17.9 Å². The highest BCUT2D eigenvalue weighted by Gasteiger charge is 2.28. The second-order valence-corrected chi connectivity index (χ2v) is 10.8. The number of likely N-dealkylation sites (tertiary alicyclic amines) is 1. The number of sulfonamides is 1. The zero-order chi connectivity index (χ0) is 25.2. The number of anilines is 1. The maximum Gasteiger partial charge on any atom is 0.241 e. The van der Waals surface area contributed by atoms with E-state index in [4.69, 9.17) is 4.52 Å². The number of nitrogens with one attached hydrogen (secondary N) is 2. The Kier molecular flexibility index (Phi) is 7.82. The average molecular weight is 491 g/mol. The normalized spacial score (nSPS) is 14.9. The molecule has 9 nitrogen and oxygen atoms in total. The number of aromatic nitrogens is 1. The van der Waals surface area contributed by atoms with Crippen molar-refractivity contribution in [2.75, 3.05) is 25.0 Å².